The number of ether oxygens (including phenoxy) is 1. The zero-order valence-corrected chi connectivity index (χ0v) is 12.8. The Morgan fingerprint density at radius 1 is 1.50 bits per heavy atom. The highest BCUT2D eigenvalue weighted by atomic mass is 79.9. The van der Waals surface area contributed by atoms with Crippen LogP contribution in [0.5, 0.6) is 0 Å². The summed E-state index contributed by atoms with van der Waals surface area (Å²) in [7, 11) is 0. The van der Waals surface area contributed by atoms with Crippen LogP contribution >= 0.6 is 15.9 Å². The third kappa shape index (κ3) is 4.19. The van der Waals surface area contributed by atoms with Crippen molar-refractivity contribution < 1.29 is 18.7 Å². The molecule has 3 N–H and O–H groups in total. The van der Waals surface area contributed by atoms with Gasteiger partial charge in [0.2, 0.25) is 0 Å². The minimum atomic E-state index is -0.938. The van der Waals surface area contributed by atoms with Gasteiger partial charge in [-0.25, -0.2) is 9.18 Å². The van der Waals surface area contributed by atoms with Crippen molar-refractivity contribution >= 4 is 33.5 Å². The van der Waals surface area contributed by atoms with E-state index < -0.39 is 17.9 Å². The highest BCUT2D eigenvalue weighted by Crippen LogP contribution is 2.23. The topological polar surface area (TPSA) is 81.4 Å². The van der Waals surface area contributed by atoms with E-state index in [1.165, 1.54) is 13.0 Å². The molecule has 1 amide bonds. The van der Waals surface area contributed by atoms with Crippen LogP contribution < -0.4 is 11.1 Å². The predicted molar refractivity (Wildman–Crippen MR) is 76.7 cm³/mol. The van der Waals surface area contributed by atoms with E-state index >= 15 is 0 Å². The summed E-state index contributed by atoms with van der Waals surface area (Å²) < 4.78 is 18.4. The van der Waals surface area contributed by atoms with Crippen molar-refractivity contribution in [2.24, 2.45) is 0 Å². The molecule has 0 heterocycles. The average Bonchev–Trinajstić information content (AvgIpc) is 2.39. The Hall–Kier alpha value is -1.63. The molecular weight excluding hydrogens is 331 g/mol. The quantitative estimate of drug-likeness (QED) is 0.632. The van der Waals surface area contributed by atoms with Gasteiger partial charge in [0.25, 0.3) is 5.91 Å². The molecule has 0 aliphatic rings. The van der Waals surface area contributed by atoms with Crippen molar-refractivity contribution in [2.75, 3.05) is 12.3 Å². The predicted octanol–water partition coefficient (Wildman–Crippen LogP) is 2.24. The summed E-state index contributed by atoms with van der Waals surface area (Å²) in [5.41, 5.74) is 5.31. The molecule has 1 atom stereocenters. The maximum atomic E-state index is 13.2. The Bertz CT molecular complexity index is 523. The van der Waals surface area contributed by atoms with Gasteiger partial charge >= 0.3 is 5.97 Å². The summed E-state index contributed by atoms with van der Waals surface area (Å²) >= 11 is 3.05. The average molecular weight is 347 g/mol. The lowest BCUT2D eigenvalue weighted by Crippen LogP contribution is -2.36. The van der Waals surface area contributed by atoms with Crippen molar-refractivity contribution in [3.63, 3.8) is 0 Å². The number of halogens is 2. The molecule has 0 saturated heterocycles. The number of rotatable bonds is 5. The molecule has 7 heteroatoms. The van der Waals surface area contributed by atoms with Crippen molar-refractivity contribution in [2.45, 2.75) is 26.4 Å². The van der Waals surface area contributed by atoms with Gasteiger partial charge in [-0.1, -0.05) is 6.92 Å². The standard InChI is InChI=1S/C13H16BrFN2O3/c1-3-4-17-12(18)7(2)20-13(19)8-5-11(16)10(15)6-9(8)14/h5-7H,3-4,16H2,1-2H3,(H,17,18). The van der Waals surface area contributed by atoms with E-state index in [1.54, 1.807) is 0 Å². The maximum Gasteiger partial charge on any atom is 0.340 e. The molecule has 0 aliphatic heterocycles. The number of benzene rings is 1. The number of anilines is 1. The number of carbonyl (C=O) groups is 2. The monoisotopic (exact) mass is 346 g/mol. The molecular formula is C13H16BrFN2O3. The zero-order chi connectivity index (χ0) is 15.3. The van der Waals surface area contributed by atoms with E-state index in [-0.39, 0.29) is 21.6 Å². The van der Waals surface area contributed by atoms with Crippen LogP contribution in [-0.4, -0.2) is 24.5 Å². The second-order valence-corrected chi connectivity index (χ2v) is 5.05. The van der Waals surface area contributed by atoms with Crippen LogP contribution in [0.2, 0.25) is 0 Å². The molecule has 0 aromatic heterocycles. The highest BCUT2D eigenvalue weighted by molar-refractivity contribution is 9.10. The Balaban J connectivity index is 2.76. The lowest BCUT2D eigenvalue weighted by atomic mass is 10.2. The minimum absolute atomic E-state index is 0.0686. The van der Waals surface area contributed by atoms with E-state index in [0.29, 0.717) is 6.54 Å². The lowest BCUT2D eigenvalue weighted by molar-refractivity contribution is -0.129. The van der Waals surface area contributed by atoms with E-state index in [2.05, 4.69) is 21.2 Å². The molecule has 0 radical (unpaired) electrons. The van der Waals surface area contributed by atoms with E-state index in [4.69, 9.17) is 10.5 Å². The Kier molecular flexibility index (Phi) is 5.94. The molecule has 5 nitrogen and oxygen atoms in total. The molecule has 1 unspecified atom stereocenters. The Morgan fingerprint density at radius 2 is 2.15 bits per heavy atom. The summed E-state index contributed by atoms with van der Waals surface area (Å²) in [6.45, 7) is 3.88. The van der Waals surface area contributed by atoms with Gasteiger partial charge in [-0.3, -0.25) is 4.79 Å². The van der Waals surface area contributed by atoms with Crippen LogP contribution in [0.4, 0.5) is 10.1 Å². The Morgan fingerprint density at radius 3 is 2.75 bits per heavy atom. The molecule has 1 aromatic rings. The first-order valence-corrected chi connectivity index (χ1v) is 6.89. The fourth-order valence-electron chi connectivity index (χ4n) is 1.39. The number of nitrogens with two attached hydrogens (primary N) is 1. The van der Waals surface area contributed by atoms with Crippen molar-refractivity contribution in [1.82, 2.24) is 5.32 Å². The summed E-state index contributed by atoms with van der Waals surface area (Å²) in [5, 5.41) is 2.61. The molecule has 0 fully saturated rings. The van der Waals surface area contributed by atoms with Crippen LogP contribution in [0.1, 0.15) is 30.6 Å². The van der Waals surface area contributed by atoms with Gasteiger partial charge in [0.15, 0.2) is 6.10 Å². The maximum absolute atomic E-state index is 13.2. The van der Waals surface area contributed by atoms with Gasteiger partial charge in [0, 0.05) is 11.0 Å². The van der Waals surface area contributed by atoms with Crippen LogP contribution in [0, 0.1) is 5.82 Å². The highest BCUT2D eigenvalue weighted by Gasteiger charge is 2.21. The zero-order valence-electron chi connectivity index (χ0n) is 11.2. The summed E-state index contributed by atoms with van der Waals surface area (Å²) in [5.74, 6) is -1.77. The third-order valence-corrected chi connectivity index (χ3v) is 3.16. The first kappa shape index (κ1) is 16.4. The van der Waals surface area contributed by atoms with E-state index in [1.807, 2.05) is 6.92 Å². The summed E-state index contributed by atoms with van der Waals surface area (Å²) in [6, 6.07) is 2.24. The van der Waals surface area contributed by atoms with Crippen molar-refractivity contribution in [3.05, 3.63) is 28.0 Å². The van der Waals surface area contributed by atoms with Gasteiger partial charge in [0.05, 0.1) is 11.3 Å². The number of carbonyl (C=O) groups excluding carboxylic acids is 2. The lowest BCUT2D eigenvalue weighted by Gasteiger charge is -2.14. The summed E-state index contributed by atoms with van der Waals surface area (Å²) in [4.78, 5) is 23.5. The fraction of sp³-hybridized carbons (Fsp3) is 0.385. The molecule has 0 saturated carbocycles. The van der Waals surface area contributed by atoms with Crippen LogP contribution in [0.15, 0.2) is 16.6 Å². The van der Waals surface area contributed by atoms with Crippen molar-refractivity contribution in [3.8, 4) is 0 Å². The van der Waals surface area contributed by atoms with Gasteiger partial charge in [-0.2, -0.15) is 0 Å². The molecule has 0 bridgehead atoms. The molecule has 110 valence electrons. The van der Waals surface area contributed by atoms with Gasteiger partial charge in [-0.05, 0) is 41.4 Å². The number of amides is 1. The molecule has 1 aromatic carbocycles. The normalized spacial score (nSPS) is 11.8. The van der Waals surface area contributed by atoms with Crippen LogP contribution in [0.25, 0.3) is 0 Å². The second-order valence-electron chi connectivity index (χ2n) is 4.19. The molecule has 1 rings (SSSR count). The number of nitrogens with one attached hydrogen (secondary N) is 1. The fourth-order valence-corrected chi connectivity index (χ4v) is 1.87. The SMILES string of the molecule is CCCNC(=O)C(C)OC(=O)c1cc(N)c(F)cc1Br. The van der Waals surface area contributed by atoms with Gasteiger partial charge in [0.1, 0.15) is 5.82 Å². The van der Waals surface area contributed by atoms with E-state index in [9.17, 15) is 14.0 Å². The first-order valence-electron chi connectivity index (χ1n) is 6.10. The summed E-state index contributed by atoms with van der Waals surface area (Å²) in [6.07, 6.45) is -0.154. The smallest absolute Gasteiger partial charge is 0.340 e. The molecule has 0 aliphatic carbocycles. The molecule has 20 heavy (non-hydrogen) atoms. The number of hydrogen-bond donors (Lipinski definition) is 2. The third-order valence-electron chi connectivity index (χ3n) is 2.51. The van der Waals surface area contributed by atoms with Crippen LogP contribution in [-0.2, 0) is 9.53 Å². The minimum Gasteiger partial charge on any atom is -0.449 e. The number of nitrogen functional groups attached to an aromatic ring is 1. The van der Waals surface area contributed by atoms with E-state index in [0.717, 1.165) is 12.5 Å². The van der Waals surface area contributed by atoms with Crippen molar-refractivity contribution in [1.29, 1.82) is 0 Å². The largest absolute Gasteiger partial charge is 0.449 e. The van der Waals surface area contributed by atoms with Crippen LogP contribution in [0.3, 0.4) is 0 Å². The number of hydrogen-bond acceptors (Lipinski definition) is 4. The second kappa shape index (κ2) is 7.23. The number of esters is 1. The Labute approximate surface area is 124 Å². The molecule has 0 spiro atoms. The van der Waals surface area contributed by atoms with Gasteiger partial charge < -0.3 is 15.8 Å². The first-order chi connectivity index (χ1) is 9.36. The van der Waals surface area contributed by atoms with Gasteiger partial charge in [-0.15, -0.1) is 0 Å².